The largest absolute Gasteiger partial charge is 0.357 e. The molecule has 2 saturated heterocycles. The molecule has 0 aliphatic carbocycles. The van der Waals surface area contributed by atoms with Gasteiger partial charge in [-0.2, -0.15) is 0 Å². The third-order valence-electron chi connectivity index (χ3n) is 2.25. The fourth-order valence-corrected chi connectivity index (χ4v) is 6.42. The first-order valence-corrected chi connectivity index (χ1v) is 7.60. The Morgan fingerprint density at radius 3 is 2.50 bits per heavy atom. The van der Waals surface area contributed by atoms with E-state index in [4.69, 9.17) is 0 Å². The average Bonchev–Trinajstić information content (AvgIpc) is 2.22. The van der Waals surface area contributed by atoms with E-state index >= 15 is 0 Å². The standard InChI is InChI=1S/C5H8N2O4S3/c8-13(9)1-3-4(2-13)14(10,11)7-5(12)6-3/h3-4H,1-2H2,(H2,6,7,12). The molecule has 2 rings (SSSR count). The maximum Gasteiger partial charge on any atom is 0.240 e. The molecule has 9 heteroatoms. The van der Waals surface area contributed by atoms with Crippen molar-refractivity contribution in [2.24, 2.45) is 0 Å². The number of hydrogen-bond acceptors (Lipinski definition) is 5. The van der Waals surface area contributed by atoms with Crippen LogP contribution < -0.4 is 10.0 Å². The van der Waals surface area contributed by atoms with Crippen molar-refractivity contribution in [3.63, 3.8) is 0 Å². The molecule has 0 amide bonds. The summed E-state index contributed by atoms with van der Waals surface area (Å²) in [5.74, 6) is -0.499. The summed E-state index contributed by atoms with van der Waals surface area (Å²) in [6.45, 7) is 0. The topological polar surface area (TPSA) is 92.3 Å². The Morgan fingerprint density at radius 1 is 1.21 bits per heavy atom. The third kappa shape index (κ3) is 1.59. The molecule has 2 aliphatic heterocycles. The first-order chi connectivity index (χ1) is 6.30. The normalized spacial score (nSPS) is 38.1. The van der Waals surface area contributed by atoms with Gasteiger partial charge in [0.1, 0.15) is 5.25 Å². The van der Waals surface area contributed by atoms with Gasteiger partial charge in [-0.05, 0) is 12.2 Å². The molecule has 0 radical (unpaired) electrons. The highest BCUT2D eigenvalue weighted by Gasteiger charge is 2.48. The minimum absolute atomic E-state index is 0.0247. The maximum atomic E-state index is 11.5. The molecule has 2 aliphatic rings. The molecule has 2 atom stereocenters. The summed E-state index contributed by atoms with van der Waals surface area (Å²) >= 11 is 4.66. The summed E-state index contributed by atoms with van der Waals surface area (Å²) in [4.78, 5) is 0. The summed E-state index contributed by atoms with van der Waals surface area (Å²) in [5.41, 5.74) is 0. The second-order valence-corrected chi connectivity index (χ2v) is 7.80. The van der Waals surface area contributed by atoms with Gasteiger partial charge >= 0.3 is 0 Å². The van der Waals surface area contributed by atoms with Crippen molar-refractivity contribution >= 4 is 37.2 Å². The van der Waals surface area contributed by atoms with E-state index in [9.17, 15) is 16.8 Å². The van der Waals surface area contributed by atoms with Gasteiger partial charge in [0.2, 0.25) is 10.0 Å². The van der Waals surface area contributed by atoms with Crippen LogP contribution in [0.3, 0.4) is 0 Å². The molecule has 14 heavy (non-hydrogen) atoms. The van der Waals surface area contributed by atoms with Gasteiger partial charge in [0, 0.05) is 0 Å². The second kappa shape index (κ2) is 2.80. The molecule has 0 aromatic heterocycles. The fraction of sp³-hybridized carbons (Fsp3) is 0.800. The lowest BCUT2D eigenvalue weighted by Gasteiger charge is -2.27. The Balaban J connectivity index is 2.43. The highest BCUT2D eigenvalue weighted by molar-refractivity contribution is 7.96. The molecule has 0 aromatic carbocycles. The summed E-state index contributed by atoms with van der Waals surface area (Å²) in [6, 6.07) is -0.598. The van der Waals surface area contributed by atoms with Gasteiger partial charge in [0.05, 0.1) is 17.5 Å². The zero-order chi connectivity index (χ0) is 10.6. The van der Waals surface area contributed by atoms with Gasteiger partial charge in [0.25, 0.3) is 0 Å². The first-order valence-electron chi connectivity index (χ1n) is 3.83. The van der Waals surface area contributed by atoms with Crippen LogP contribution >= 0.6 is 12.2 Å². The zero-order valence-corrected chi connectivity index (χ0v) is 9.38. The van der Waals surface area contributed by atoms with E-state index in [1.165, 1.54) is 0 Å². The number of rotatable bonds is 0. The quantitative estimate of drug-likeness (QED) is 0.485. The minimum Gasteiger partial charge on any atom is -0.357 e. The summed E-state index contributed by atoms with van der Waals surface area (Å²) in [7, 11) is -6.88. The van der Waals surface area contributed by atoms with Crippen LogP contribution in [0.4, 0.5) is 0 Å². The molecule has 0 spiro atoms. The van der Waals surface area contributed by atoms with Crippen molar-refractivity contribution < 1.29 is 16.8 Å². The summed E-state index contributed by atoms with van der Waals surface area (Å²) in [5, 5.41) is 1.71. The number of sulfone groups is 1. The van der Waals surface area contributed by atoms with Crippen LogP contribution in [-0.2, 0) is 19.9 Å². The van der Waals surface area contributed by atoms with E-state index in [1.54, 1.807) is 0 Å². The van der Waals surface area contributed by atoms with Gasteiger partial charge in [-0.15, -0.1) is 0 Å². The Kier molecular flexibility index (Phi) is 2.02. The number of fused-ring (bicyclic) bond motifs is 1. The fourth-order valence-electron chi connectivity index (χ4n) is 1.66. The summed E-state index contributed by atoms with van der Waals surface area (Å²) < 4.78 is 47.4. The smallest absolute Gasteiger partial charge is 0.240 e. The average molecular weight is 256 g/mol. The molecule has 0 saturated carbocycles. The Hall–Kier alpha value is -0.410. The summed E-state index contributed by atoms with van der Waals surface area (Å²) in [6.07, 6.45) is 0. The Labute approximate surface area is 87.0 Å². The van der Waals surface area contributed by atoms with Crippen molar-refractivity contribution in [1.82, 2.24) is 10.0 Å². The van der Waals surface area contributed by atoms with Crippen LogP contribution in [0.2, 0.25) is 0 Å². The number of thiocarbonyl (C=S) groups is 1. The van der Waals surface area contributed by atoms with Crippen LogP contribution in [0, 0.1) is 0 Å². The first kappa shape index (κ1) is 10.1. The van der Waals surface area contributed by atoms with Crippen molar-refractivity contribution in [1.29, 1.82) is 0 Å². The van der Waals surface area contributed by atoms with E-state index < -0.39 is 31.2 Å². The minimum atomic E-state index is -3.61. The third-order valence-corrected chi connectivity index (χ3v) is 6.33. The van der Waals surface area contributed by atoms with Crippen molar-refractivity contribution in [2.45, 2.75) is 11.3 Å². The van der Waals surface area contributed by atoms with Gasteiger partial charge < -0.3 is 5.32 Å². The molecular weight excluding hydrogens is 248 g/mol. The van der Waals surface area contributed by atoms with Gasteiger partial charge in [-0.3, -0.25) is 4.72 Å². The van der Waals surface area contributed by atoms with E-state index in [-0.39, 0.29) is 16.6 Å². The van der Waals surface area contributed by atoms with E-state index in [0.717, 1.165) is 0 Å². The number of sulfonamides is 1. The molecule has 80 valence electrons. The predicted molar refractivity (Wildman–Crippen MR) is 54.0 cm³/mol. The second-order valence-electron chi connectivity index (χ2n) is 3.34. The monoisotopic (exact) mass is 256 g/mol. The van der Waals surface area contributed by atoms with E-state index in [0.29, 0.717) is 0 Å². The highest BCUT2D eigenvalue weighted by Crippen LogP contribution is 2.21. The van der Waals surface area contributed by atoms with Gasteiger partial charge in [-0.25, -0.2) is 16.8 Å². The SMILES string of the molecule is O=S1(=O)CC2NC(=S)NS(=O)(=O)C2C1. The Bertz CT molecular complexity index is 479. The van der Waals surface area contributed by atoms with Crippen molar-refractivity contribution in [3.8, 4) is 0 Å². The van der Waals surface area contributed by atoms with Crippen molar-refractivity contribution in [3.05, 3.63) is 0 Å². The predicted octanol–water partition coefficient (Wildman–Crippen LogP) is -2.04. The van der Waals surface area contributed by atoms with E-state index in [2.05, 4.69) is 22.3 Å². The number of nitrogens with one attached hydrogen (secondary N) is 2. The Morgan fingerprint density at radius 2 is 1.86 bits per heavy atom. The van der Waals surface area contributed by atoms with E-state index in [1.807, 2.05) is 0 Å². The van der Waals surface area contributed by atoms with Crippen LogP contribution in [0.1, 0.15) is 0 Å². The lowest BCUT2D eigenvalue weighted by Crippen LogP contribution is -2.59. The molecule has 6 nitrogen and oxygen atoms in total. The zero-order valence-electron chi connectivity index (χ0n) is 6.93. The lowest BCUT2D eigenvalue weighted by molar-refractivity contribution is 0.549. The molecule has 2 heterocycles. The molecule has 0 bridgehead atoms. The van der Waals surface area contributed by atoms with Crippen molar-refractivity contribution in [2.75, 3.05) is 11.5 Å². The molecule has 0 aromatic rings. The van der Waals surface area contributed by atoms with Gasteiger partial charge in [-0.1, -0.05) is 0 Å². The van der Waals surface area contributed by atoms with Crippen LogP contribution in [0.15, 0.2) is 0 Å². The molecular formula is C5H8N2O4S3. The number of hydrogen-bond donors (Lipinski definition) is 2. The highest BCUT2D eigenvalue weighted by atomic mass is 32.2. The lowest BCUT2D eigenvalue weighted by atomic mass is 10.2. The van der Waals surface area contributed by atoms with Gasteiger partial charge in [0.15, 0.2) is 14.9 Å². The van der Waals surface area contributed by atoms with Crippen LogP contribution in [0.25, 0.3) is 0 Å². The maximum absolute atomic E-state index is 11.5. The molecule has 2 unspecified atom stereocenters. The molecule has 2 N–H and O–H groups in total. The van der Waals surface area contributed by atoms with Crippen LogP contribution in [0.5, 0.6) is 0 Å². The molecule has 2 fully saturated rings. The van der Waals surface area contributed by atoms with Crippen LogP contribution in [-0.4, -0.2) is 44.7 Å².